The van der Waals surface area contributed by atoms with Gasteiger partial charge in [-0.1, -0.05) is 51.1 Å². The van der Waals surface area contributed by atoms with Crippen molar-refractivity contribution in [2.75, 3.05) is 0 Å². The van der Waals surface area contributed by atoms with Gasteiger partial charge in [0.05, 0.1) is 5.52 Å². The summed E-state index contributed by atoms with van der Waals surface area (Å²) in [5.74, 6) is 0.483. The minimum Gasteiger partial charge on any atom is -0.317 e. The van der Waals surface area contributed by atoms with Crippen molar-refractivity contribution in [3.05, 3.63) is 48.2 Å². The number of hydrogen-bond acceptors (Lipinski definition) is 0. The summed E-state index contributed by atoms with van der Waals surface area (Å²) in [6.07, 6.45) is 9.08. The maximum atomic E-state index is 2.31. The van der Waals surface area contributed by atoms with Gasteiger partial charge < -0.3 is 4.57 Å². The molecular weight excluding hydrogens is 218 g/mol. The van der Waals surface area contributed by atoms with Gasteiger partial charge in [-0.2, -0.15) is 0 Å². The van der Waals surface area contributed by atoms with Crippen LogP contribution in [0.1, 0.15) is 26.5 Å². The lowest BCUT2D eigenvalue weighted by Crippen LogP contribution is -2.15. The van der Waals surface area contributed by atoms with Gasteiger partial charge in [0, 0.05) is 23.2 Å². The maximum Gasteiger partial charge on any atom is 0.0528 e. The summed E-state index contributed by atoms with van der Waals surface area (Å²) >= 11 is 0. The lowest BCUT2D eigenvalue weighted by molar-refractivity contribution is 0.345. The Bertz CT molecular complexity index is 635. The molecule has 0 spiro atoms. The largest absolute Gasteiger partial charge is 0.317 e. The van der Waals surface area contributed by atoms with Crippen molar-refractivity contribution in [1.82, 2.24) is 4.57 Å². The molecule has 0 saturated carbocycles. The predicted molar refractivity (Wildman–Crippen MR) is 79.2 cm³/mol. The molecule has 1 aromatic carbocycles. The van der Waals surface area contributed by atoms with E-state index in [9.17, 15) is 0 Å². The van der Waals surface area contributed by atoms with Crippen LogP contribution in [0.5, 0.6) is 0 Å². The number of para-hydroxylation sites is 1. The highest BCUT2D eigenvalue weighted by molar-refractivity contribution is 5.86. The Morgan fingerprint density at radius 1 is 1.06 bits per heavy atom. The molecule has 1 aliphatic heterocycles. The van der Waals surface area contributed by atoms with Crippen molar-refractivity contribution in [3.63, 3.8) is 0 Å². The maximum absolute atomic E-state index is 2.31. The van der Waals surface area contributed by atoms with Gasteiger partial charge >= 0.3 is 0 Å². The minimum absolute atomic E-state index is 0.271. The average Bonchev–Trinajstić information content (AvgIpc) is 2.52. The summed E-state index contributed by atoms with van der Waals surface area (Å²) in [6.45, 7) is 6.85. The highest BCUT2D eigenvalue weighted by Crippen LogP contribution is 2.32. The van der Waals surface area contributed by atoms with E-state index in [2.05, 4.69) is 80.1 Å². The van der Waals surface area contributed by atoms with E-state index in [1.165, 1.54) is 16.6 Å². The van der Waals surface area contributed by atoms with Crippen LogP contribution < -0.4 is 0 Å². The Kier molecular flexibility index (Phi) is 2.44. The minimum atomic E-state index is 0.271. The van der Waals surface area contributed by atoms with Crippen molar-refractivity contribution in [2.24, 2.45) is 11.3 Å². The zero-order valence-corrected chi connectivity index (χ0v) is 11.2. The standard InChI is InChI=1S/C17H19N/c1-17(2,3)14-8-9-15-12-13-6-4-5-7-16(13)18(15)11-10-14/h4-12,14H,1-3H3. The van der Waals surface area contributed by atoms with E-state index < -0.39 is 0 Å². The summed E-state index contributed by atoms with van der Waals surface area (Å²) < 4.78 is 2.28. The Hall–Kier alpha value is -1.76. The lowest BCUT2D eigenvalue weighted by Gasteiger charge is -2.24. The van der Waals surface area contributed by atoms with Gasteiger partial charge in [-0.15, -0.1) is 0 Å². The molecule has 0 amide bonds. The topological polar surface area (TPSA) is 4.93 Å². The molecule has 0 aliphatic carbocycles. The number of fused-ring (bicyclic) bond motifs is 3. The van der Waals surface area contributed by atoms with Crippen LogP contribution in [0.15, 0.2) is 42.5 Å². The molecule has 1 atom stereocenters. The van der Waals surface area contributed by atoms with Crippen LogP contribution in [0.4, 0.5) is 0 Å². The van der Waals surface area contributed by atoms with Gasteiger partial charge in [0.1, 0.15) is 0 Å². The van der Waals surface area contributed by atoms with Gasteiger partial charge in [0.25, 0.3) is 0 Å². The highest BCUT2D eigenvalue weighted by atomic mass is 15.0. The quantitative estimate of drug-likeness (QED) is 0.620. The fourth-order valence-corrected chi connectivity index (χ4v) is 2.51. The smallest absolute Gasteiger partial charge is 0.0528 e. The molecule has 1 aromatic heterocycles. The fourth-order valence-electron chi connectivity index (χ4n) is 2.51. The first kappa shape index (κ1) is 11.3. The summed E-state index contributed by atoms with van der Waals surface area (Å²) in [5, 5.41) is 1.30. The number of benzene rings is 1. The predicted octanol–water partition coefficient (Wildman–Crippen LogP) is 4.80. The number of rotatable bonds is 0. The second kappa shape index (κ2) is 3.88. The van der Waals surface area contributed by atoms with Crippen molar-refractivity contribution in [3.8, 4) is 0 Å². The molecule has 18 heavy (non-hydrogen) atoms. The van der Waals surface area contributed by atoms with E-state index in [1.54, 1.807) is 0 Å². The number of allylic oxidation sites excluding steroid dienone is 2. The summed E-state index contributed by atoms with van der Waals surface area (Å²) in [6, 6.07) is 10.8. The first-order valence-corrected chi connectivity index (χ1v) is 6.52. The molecule has 3 rings (SSSR count). The second-order valence-electron chi connectivity index (χ2n) is 6.09. The van der Waals surface area contributed by atoms with E-state index in [-0.39, 0.29) is 5.41 Å². The third-order valence-electron chi connectivity index (χ3n) is 3.69. The Morgan fingerprint density at radius 3 is 2.61 bits per heavy atom. The third kappa shape index (κ3) is 1.80. The van der Waals surface area contributed by atoms with Gasteiger partial charge in [0.15, 0.2) is 0 Å². The van der Waals surface area contributed by atoms with E-state index in [0.717, 1.165) is 0 Å². The van der Waals surface area contributed by atoms with Gasteiger partial charge in [-0.05, 0) is 23.6 Å². The van der Waals surface area contributed by atoms with Crippen LogP contribution in [0.2, 0.25) is 0 Å². The Morgan fingerprint density at radius 2 is 1.83 bits per heavy atom. The van der Waals surface area contributed by atoms with E-state index in [1.807, 2.05) is 0 Å². The van der Waals surface area contributed by atoms with Crippen molar-refractivity contribution in [2.45, 2.75) is 20.8 Å². The number of aromatic nitrogens is 1. The molecule has 1 nitrogen and oxygen atoms in total. The third-order valence-corrected chi connectivity index (χ3v) is 3.69. The Balaban J connectivity index is 2.13. The molecule has 1 heteroatoms. The molecule has 0 fully saturated rings. The molecule has 1 aliphatic rings. The van der Waals surface area contributed by atoms with Crippen molar-refractivity contribution >= 4 is 23.2 Å². The molecule has 0 saturated heterocycles. The molecule has 0 bridgehead atoms. The molecule has 1 unspecified atom stereocenters. The van der Waals surface area contributed by atoms with Crippen LogP contribution in [-0.2, 0) is 0 Å². The van der Waals surface area contributed by atoms with Crippen molar-refractivity contribution < 1.29 is 0 Å². The number of nitrogens with zero attached hydrogens (tertiary/aromatic N) is 1. The van der Waals surface area contributed by atoms with Gasteiger partial charge in [-0.3, -0.25) is 0 Å². The average molecular weight is 237 g/mol. The Labute approximate surface area is 108 Å². The van der Waals surface area contributed by atoms with Crippen LogP contribution in [0, 0.1) is 11.3 Å². The monoisotopic (exact) mass is 237 g/mol. The molecule has 92 valence electrons. The first-order chi connectivity index (χ1) is 8.55. The molecule has 2 heterocycles. The van der Waals surface area contributed by atoms with Gasteiger partial charge in [-0.25, -0.2) is 0 Å². The van der Waals surface area contributed by atoms with Crippen LogP contribution in [0.25, 0.3) is 23.2 Å². The molecule has 0 N–H and O–H groups in total. The summed E-state index contributed by atoms with van der Waals surface area (Å²) in [7, 11) is 0. The number of hydrogen-bond donors (Lipinski definition) is 0. The zero-order chi connectivity index (χ0) is 12.8. The SMILES string of the molecule is CC(C)(C)C1C=Cc2cc3ccccc3n2C=C1. The molecule has 2 aromatic rings. The van der Waals surface area contributed by atoms with Crippen LogP contribution in [0.3, 0.4) is 0 Å². The van der Waals surface area contributed by atoms with E-state index in [0.29, 0.717) is 5.92 Å². The summed E-state index contributed by atoms with van der Waals surface area (Å²) in [5.41, 5.74) is 2.81. The van der Waals surface area contributed by atoms with Crippen LogP contribution in [-0.4, -0.2) is 4.57 Å². The molecule has 0 radical (unpaired) electrons. The van der Waals surface area contributed by atoms with E-state index >= 15 is 0 Å². The first-order valence-electron chi connectivity index (χ1n) is 6.52. The highest BCUT2D eigenvalue weighted by Gasteiger charge is 2.21. The summed E-state index contributed by atoms with van der Waals surface area (Å²) in [4.78, 5) is 0. The van der Waals surface area contributed by atoms with Gasteiger partial charge in [0.2, 0.25) is 0 Å². The lowest BCUT2D eigenvalue weighted by atomic mass is 9.80. The second-order valence-corrected chi connectivity index (χ2v) is 6.09. The molecular formula is C17H19N. The van der Waals surface area contributed by atoms with Crippen LogP contribution >= 0.6 is 0 Å². The van der Waals surface area contributed by atoms with Crippen molar-refractivity contribution in [1.29, 1.82) is 0 Å². The zero-order valence-electron chi connectivity index (χ0n) is 11.2. The normalized spacial score (nSPS) is 18.9. The fraction of sp³-hybridized carbons (Fsp3) is 0.294. The van der Waals surface area contributed by atoms with E-state index in [4.69, 9.17) is 0 Å².